The van der Waals surface area contributed by atoms with E-state index in [-0.39, 0.29) is 6.04 Å². The second-order valence-corrected chi connectivity index (χ2v) is 5.98. The number of nitrogens with two attached hydrogens (primary N) is 1. The lowest BCUT2D eigenvalue weighted by molar-refractivity contribution is 0.192. The van der Waals surface area contributed by atoms with Crippen LogP contribution in [0.3, 0.4) is 0 Å². The van der Waals surface area contributed by atoms with Crippen LogP contribution in [0.15, 0.2) is 24.3 Å². The first-order valence-corrected chi connectivity index (χ1v) is 7.31. The first kappa shape index (κ1) is 14.5. The molecule has 3 heteroatoms. The molecule has 1 aromatic carbocycles. The Morgan fingerprint density at radius 1 is 1.26 bits per heavy atom. The van der Waals surface area contributed by atoms with Crippen molar-refractivity contribution >= 4 is 0 Å². The van der Waals surface area contributed by atoms with Crippen LogP contribution >= 0.6 is 0 Å². The van der Waals surface area contributed by atoms with E-state index in [9.17, 15) is 0 Å². The summed E-state index contributed by atoms with van der Waals surface area (Å²) in [6.07, 6.45) is 1.24. The van der Waals surface area contributed by atoms with Crippen LogP contribution in [-0.4, -0.2) is 49.1 Å². The maximum Gasteiger partial charge on any atom is 0.0424 e. The van der Waals surface area contributed by atoms with E-state index in [4.69, 9.17) is 5.73 Å². The maximum absolute atomic E-state index is 6.37. The molecule has 19 heavy (non-hydrogen) atoms. The van der Waals surface area contributed by atoms with Gasteiger partial charge in [0.25, 0.3) is 0 Å². The molecule has 1 aromatic rings. The molecule has 2 rings (SSSR count). The zero-order valence-electron chi connectivity index (χ0n) is 12.5. The van der Waals surface area contributed by atoms with E-state index in [1.54, 1.807) is 0 Å². The predicted molar refractivity (Wildman–Crippen MR) is 81.3 cm³/mol. The van der Waals surface area contributed by atoms with Crippen molar-refractivity contribution in [1.29, 1.82) is 0 Å². The van der Waals surface area contributed by atoms with Crippen molar-refractivity contribution in [2.45, 2.75) is 32.4 Å². The summed E-state index contributed by atoms with van der Waals surface area (Å²) in [5.41, 5.74) is 8.91. The molecule has 0 aromatic heterocycles. The molecule has 2 N–H and O–H groups in total. The Labute approximate surface area is 117 Å². The molecule has 2 atom stereocenters. The predicted octanol–water partition coefficient (Wildman–Crippen LogP) is 2.02. The summed E-state index contributed by atoms with van der Waals surface area (Å²) in [5.74, 6) is 0. The van der Waals surface area contributed by atoms with Crippen molar-refractivity contribution in [3.8, 4) is 0 Å². The van der Waals surface area contributed by atoms with Crippen LogP contribution in [0.4, 0.5) is 0 Å². The third-order valence-electron chi connectivity index (χ3n) is 4.12. The van der Waals surface area contributed by atoms with Gasteiger partial charge in [0.05, 0.1) is 0 Å². The molecule has 1 aliphatic heterocycles. The van der Waals surface area contributed by atoms with Crippen LogP contribution in [0.1, 0.15) is 30.5 Å². The van der Waals surface area contributed by atoms with Crippen LogP contribution in [0.25, 0.3) is 0 Å². The van der Waals surface area contributed by atoms with Gasteiger partial charge in [0, 0.05) is 25.2 Å². The van der Waals surface area contributed by atoms with Crippen molar-refractivity contribution in [3.63, 3.8) is 0 Å². The van der Waals surface area contributed by atoms with Gasteiger partial charge in [-0.3, -0.25) is 4.90 Å². The number of rotatable bonds is 3. The van der Waals surface area contributed by atoms with Gasteiger partial charge in [-0.1, -0.05) is 29.8 Å². The fourth-order valence-electron chi connectivity index (χ4n) is 2.86. The number of benzene rings is 1. The Hall–Kier alpha value is -0.900. The van der Waals surface area contributed by atoms with E-state index in [1.165, 1.54) is 24.1 Å². The SMILES string of the molecule is Cc1ccc(C(N)CN2CCCN(C)CC2C)cc1. The van der Waals surface area contributed by atoms with Gasteiger partial charge in [0.2, 0.25) is 0 Å². The largest absolute Gasteiger partial charge is 0.323 e. The van der Waals surface area contributed by atoms with Crippen molar-refractivity contribution in [1.82, 2.24) is 9.80 Å². The summed E-state index contributed by atoms with van der Waals surface area (Å²) >= 11 is 0. The number of likely N-dealkylation sites (N-methyl/N-ethyl adjacent to an activating group) is 1. The minimum absolute atomic E-state index is 0.117. The molecule has 1 aliphatic rings. The number of hydrogen-bond acceptors (Lipinski definition) is 3. The lowest BCUT2D eigenvalue weighted by atomic mass is 10.0. The first-order valence-electron chi connectivity index (χ1n) is 7.31. The van der Waals surface area contributed by atoms with Gasteiger partial charge in [0.15, 0.2) is 0 Å². The van der Waals surface area contributed by atoms with Gasteiger partial charge < -0.3 is 10.6 Å². The Bertz CT molecular complexity index is 387. The standard InChI is InChI=1S/C16H27N3/c1-13-5-7-15(8-6-13)16(17)12-19-10-4-9-18(3)11-14(19)2/h5-8,14,16H,4,9-12,17H2,1-3H3. The minimum Gasteiger partial charge on any atom is -0.323 e. The summed E-state index contributed by atoms with van der Waals surface area (Å²) in [5, 5.41) is 0. The van der Waals surface area contributed by atoms with E-state index in [2.05, 4.69) is 55.0 Å². The molecule has 1 fully saturated rings. The molecule has 0 radical (unpaired) electrons. The second-order valence-electron chi connectivity index (χ2n) is 5.98. The van der Waals surface area contributed by atoms with Gasteiger partial charge in [-0.2, -0.15) is 0 Å². The van der Waals surface area contributed by atoms with E-state index in [0.717, 1.165) is 19.6 Å². The van der Waals surface area contributed by atoms with Crippen molar-refractivity contribution in [3.05, 3.63) is 35.4 Å². The van der Waals surface area contributed by atoms with Gasteiger partial charge in [0.1, 0.15) is 0 Å². The molecular weight excluding hydrogens is 234 g/mol. The molecule has 1 heterocycles. The fraction of sp³-hybridized carbons (Fsp3) is 0.625. The number of aryl methyl sites for hydroxylation is 1. The molecule has 106 valence electrons. The third-order valence-corrected chi connectivity index (χ3v) is 4.12. The van der Waals surface area contributed by atoms with E-state index < -0.39 is 0 Å². The molecule has 3 nitrogen and oxygen atoms in total. The normalized spacial score (nSPS) is 24.1. The molecule has 0 amide bonds. The molecule has 2 unspecified atom stereocenters. The summed E-state index contributed by atoms with van der Waals surface area (Å²) in [7, 11) is 2.21. The van der Waals surface area contributed by atoms with Gasteiger partial charge in [-0.15, -0.1) is 0 Å². The van der Waals surface area contributed by atoms with Gasteiger partial charge >= 0.3 is 0 Å². The molecule has 0 bridgehead atoms. The highest BCUT2D eigenvalue weighted by Crippen LogP contribution is 2.16. The van der Waals surface area contributed by atoms with Crippen molar-refractivity contribution < 1.29 is 0 Å². The van der Waals surface area contributed by atoms with Gasteiger partial charge in [-0.05, 0) is 46.0 Å². The van der Waals surface area contributed by atoms with Gasteiger partial charge in [-0.25, -0.2) is 0 Å². The quantitative estimate of drug-likeness (QED) is 0.903. The number of nitrogens with zero attached hydrogens (tertiary/aromatic N) is 2. The monoisotopic (exact) mass is 261 g/mol. The highest BCUT2D eigenvalue weighted by atomic mass is 15.2. The van der Waals surface area contributed by atoms with Crippen molar-refractivity contribution in [2.24, 2.45) is 5.73 Å². The number of hydrogen-bond donors (Lipinski definition) is 1. The Kier molecular flexibility index (Phi) is 4.97. The fourth-order valence-corrected chi connectivity index (χ4v) is 2.86. The van der Waals surface area contributed by atoms with Crippen LogP contribution < -0.4 is 5.73 Å². The van der Waals surface area contributed by atoms with Crippen LogP contribution in [-0.2, 0) is 0 Å². The molecule has 0 aliphatic carbocycles. The Balaban J connectivity index is 1.97. The molecule has 0 saturated carbocycles. The lowest BCUT2D eigenvalue weighted by Gasteiger charge is -2.30. The summed E-state index contributed by atoms with van der Waals surface area (Å²) in [6.45, 7) is 8.87. The van der Waals surface area contributed by atoms with Crippen LogP contribution in [0.2, 0.25) is 0 Å². The molecular formula is C16H27N3. The summed E-state index contributed by atoms with van der Waals surface area (Å²) in [4.78, 5) is 4.95. The average Bonchev–Trinajstić information content (AvgIpc) is 2.52. The lowest BCUT2D eigenvalue weighted by Crippen LogP contribution is -2.41. The van der Waals surface area contributed by atoms with E-state index in [0.29, 0.717) is 6.04 Å². The Morgan fingerprint density at radius 3 is 2.63 bits per heavy atom. The van der Waals surface area contributed by atoms with E-state index in [1.807, 2.05) is 0 Å². The molecule has 0 spiro atoms. The third kappa shape index (κ3) is 4.03. The average molecular weight is 261 g/mol. The highest BCUT2D eigenvalue weighted by molar-refractivity contribution is 5.24. The van der Waals surface area contributed by atoms with E-state index >= 15 is 0 Å². The smallest absolute Gasteiger partial charge is 0.0424 e. The first-order chi connectivity index (χ1) is 9.06. The summed E-state index contributed by atoms with van der Waals surface area (Å²) < 4.78 is 0. The highest BCUT2D eigenvalue weighted by Gasteiger charge is 2.21. The van der Waals surface area contributed by atoms with Crippen molar-refractivity contribution in [2.75, 3.05) is 33.2 Å². The molecule has 1 saturated heterocycles. The second kappa shape index (κ2) is 6.51. The van der Waals surface area contributed by atoms with Crippen LogP contribution in [0, 0.1) is 6.92 Å². The summed E-state index contributed by atoms with van der Waals surface area (Å²) in [6, 6.07) is 9.32. The minimum atomic E-state index is 0.117. The zero-order chi connectivity index (χ0) is 13.8. The Morgan fingerprint density at radius 2 is 1.95 bits per heavy atom. The zero-order valence-corrected chi connectivity index (χ0v) is 12.5. The van der Waals surface area contributed by atoms with Crippen LogP contribution in [0.5, 0.6) is 0 Å². The topological polar surface area (TPSA) is 32.5 Å². The maximum atomic E-state index is 6.37.